The number of rotatable bonds is 2. The van der Waals surface area contributed by atoms with Crippen molar-refractivity contribution in [3.05, 3.63) is 11.4 Å². The molecule has 1 aromatic rings. The summed E-state index contributed by atoms with van der Waals surface area (Å²) in [4.78, 5) is 12.1. The van der Waals surface area contributed by atoms with E-state index < -0.39 is 5.60 Å². The van der Waals surface area contributed by atoms with Crippen LogP contribution in [0.1, 0.15) is 68.6 Å². The minimum absolute atomic E-state index is 0.366. The van der Waals surface area contributed by atoms with E-state index in [1.165, 1.54) is 12.8 Å². The van der Waals surface area contributed by atoms with Crippen LogP contribution in [0.5, 0.6) is 0 Å². The highest BCUT2D eigenvalue weighted by molar-refractivity contribution is 5.88. The summed E-state index contributed by atoms with van der Waals surface area (Å²) in [6.07, 6.45) is 4.88. The Labute approximate surface area is 113 Å². The fourth-order valence-electron chi connectivity index (χ4n) is 3.10. The molecule has 0 bridgehead atoms. The van der Waals surface area contributed by atoms with Gasteiger partial charge in [0.15, 0.2) is 5.69 Å². The van der Waals surface area contributed by atoms with Gasteiger partial charge in [-0.3, -0.25) is 0 Å². The summed E-state index contributed by atoms with van der Waals surface area (Å²) >= 11 is 0. The average Bonchev–Trinajstić information content (AvgIpc) is 2.91. The molecule has 19 heavy (non-hydrogen) atoms. The van der Waals surface area contributed by atoms with E-state index in [4.69, 9.17) is 4.74 Å². The molecule has 3 rings (SSSR count). The summed E-state index contributed by atoms with van der Waals surface area (Å²) in [6.45, 7) is 5.58. The van der Waals surface area contributed by atoms with Crippen molar-refractivity contribution >= 4 is 5.97 Å². The van der Waals surface area contributed by atoms with Gasteiger partial charge < -0.3 is 4.74 Å². The number of esters is 1. The van der Waals surface area contributed by atoms with Gasteiger partial charge in [0.25, 0.3) is 0 Å². The van der Waals surface area contributed by atoms with Gasteiger partial charge >= 0.3 is 5.97 Å². The molecule has 0 aromatic carbocycles. The summed E-state index contributed by atoms with van der Waals surface area (Å²) in [7, 11) is 0. The zero-order valence-corrected chi connectivity index (χ0v) is 11.8. The molecule has 0 spiro atoms. The second-order valence-electron chi connectivity index (χ2n) is 6.83. The largest absolute Gasteiger partial charge is 0.455 e. The SMILES string of the molecule is CC(C)(C)OC(=O)c1n[nH]nc1C1CCC2CC2C1. The molecule has 1 heterocycles. The predicted octanol–water partition coefficient (Wildman–Crippen LogP) is 2.66. The molecule has 0 amide bonds. The summed E-state index contributed by atoms with van der Waals surface area (Å²) in [5.41, 5.74) is 0.681. The number of hydrogen-bond donors (Lipinski definition) is 1. The number of ether oxygens (including phenoxy) is 1. The third kappa shape index (κ3) is 2.65. The van der Waals surface area contributed by atoms with Crippen LogP contribution in [0.15, 0.2) is 0 Å². The fourth-order valence-corrected chi connectivity index (χ4v) is 3.10. The standard InChI is InChI=1S/C14H21N3O2/c1-14(2,3)19-13(18)12-11(15-17-16-12)9-5-4-8-6-10(8)7-9/h8-10H,4-7H2,1-3H3,(H,15,16,17). The summed E-state index contributed by atoms with van der Waals surface area (Å²) in [5.74, 6) is 1.79. The number of nitrogens with zero attached hydrogens (tertiary/aromatic N) is 2. The molecule has 2 fully saturated rings. The average molecular weight is 263 g/mol. The molecule has 2 saturated carbocycles. The Morgan fingerprint density at radius 1 is 1.21 bits per heavy atom. The van der Waals surface area contributed by atoms with Crippen LogP contribution in [-0.4, -0.2) is 27.0 Å². The van der Waals surface area contributed by atoms with Crippen molar-refractivity contribution < 1.29 is 9.53 Å². The molecule has 2 aliphatic carbocycles. The Bertz CT molecular complexity index is 489. The first-order valence-corrected chi connectivity index (χ1v) is 7.08. The number of H-pyrrole nitrogens is 1. The molecule has 0 radical (unpaired) electrons. The van der Waals surface area contributed by atoms with Crippen molar-refractivity contribution in [3.63, 3.8) is 0 Å². The maximum atomic E-state index is 12.1. The van der Waals surface area contributed by atoms with Crippen molar-refractivity contribution in [2.75, 3.05) is 0 Å². The normalized spacial score (nSPS) is 29.7. The molecular formula is C14H21N3O2. The molecule has 0 saturated heterocycles. The van der Waals surface area contributed by atoms with E-state index in [0.717, 1.165) is 30.4 Å². The second-order valence-corrected chi connectivity index (χ2v) is 6.83. The van der Waals surface area contributed by atoms with E-state index in [2.05, 4.69) is 15.4 Å². The Morgan fingerprint density at radius 3 is 2.68 bits per heavy atom. The van der Waals surface area contributed by atoms with Crippen molar-refractivity contribution in [1.82, 2.24) is 15.4 Å². The molecule has 2 aliphatic rings. The van der Waals surface area contributed by atoms with E-state index in [1.54, 1.807) is 0 Å². The highest BCUT2D eigenvalue weighted by atomic mass is 16.6. The van der Waals surface area contributed by atoms with E-state index >= 15 is 0 Å². The summed E-state index contributed by atoms with van der Waals surface area (Å²) < 4.78 is 5.39. The molecule has 1 aromatic heterocycles. The zero-order chi connectivity index (χ0) is 13.6. The van der Waals surface area contributed by atoms with Gasteiger partial charge in [0.05, 0.1) is 0 Å². The van der Waals surface area contributed by atoms with E-state index in [-0.39, 0.29) is 5.97 Å². The van der Waals surface area contributed by atoms with Crippen LogP contribution < -0.4 is 0 Å². The Kier molecular flexibility index (Phi) is 2.87. The number of hydrogen-bond acceptors (Lipinski definition) is 4. The summed E-state index contributed by atoms with van der Waals surface area (Å²) in [6, 6.07) is 0. The maximum absolute atomic E-state index is 12.1. The van der Waals surface area contributed by atoms with Crippen molar-refractivity contribution in [2.45, 2.75) is 58.0 Å². The lowest BCUT2D eigenvalue weighted by Gasteiger charge is -2.21. The molecule has 1 N–H and O–H groups in total. The molecule has 3 unspecified atom stereocenters. The van der Waals surface area contributed by atoms with Crippen LogP contribution >= 0.6 is 0 Å². The van der Waals surface area contributed by atoms with Crippen molar-refractivity contribution in [1.29, 1.82) is 0 Å². The van der Waals surface area contributed by atoms with Gasteiger partial charge in [0.2, 0.25) is 0 Å². The van der Waals surface area contributed by atoms with Gasteiger partial charge in [-0.1, -0.05) is 0 Å². The Balaban J connectivity index is 1.76. The topological polar surface area (TPSA) is 67.9 Å². The number of carbonyl (C=O) groups is 1. The van der Waals surface area contributed by atoms with Crippen LogP contribution in [0.2, 0.25) is 0 Å². The highest BCUT2D eigenvalue weighted by Gasteiger charge is 2.44. The predicted molar refractivity (Wildman–Crippen MR) is 69.7 cm³/mol. The summed E-state index contributed by atoms with van der Waals surface area (Å²) in [5, 5.41) is 10.8. The molecule has 3 atom stereocenters. The van der Waals surface area contributed by atoms with Gasteiger partial charge in [-0.2, -0.15) is 10.3 Å². The van der Waals surface area contributed by atoms with Crippen molar-refractivity contribution in [2.24, 2.45) is 11.8 Å². The number of aromatic amines is 1. The van der Waals surface area contributed by atoms with Crippen LogP contribution in [-0.2, 0) is 4.74 Å². The van der Waals surface area contributed by atoms with Crippen molar-refractivity contribution in [3.8, 4) is 0 Å². The van der Waals surface area contributed by atoms with Crippen LogP contribution in [0.3, 0.4) is 0 Å². The quantitative estimate of drug-likeness (QED) is 0.833. The van der Waals surface area contributed by atoms with Gasteiger partial charge in [0.1, 0.15) is 11.3 Å². The fraction of sp³-hybridized carbons (Fsp3) is 0.786. The van der Waals surface area contributed by atoms with E-state index in [9.17, 15) is 4.79 Å². The van der Waals surface area contributed by atoms with Crippen LogP contribution in [0.25, 0.3) is 0 Å². The molecule has 0 aliphatic heterocycles. The van der Waals surface area contributed by atoms with Crippen LogP contribution in [0.4, 0.5) is 0 Å². The van der Waals surface area contributed by atoms with Crippen LogP contribution in [0, 0.1) is 11.8 Å². The lowest BCUT2D eigenvalue weighted by atomic mass is 9.86. The molecule has 104 valence electrons. The lowest BCUT2D eigenvalue weighted by Crippen LogP contribution is -2.25. The van der Waals surface area contributed by atoms with E-state index in [0.29, 0.717) is 11.6 Å². The van der Waals surface area contributed by atoms with Gasteiger partial charge in [-0.05, 0) is 58.3 Å². The number of carbonyl (C=O) groups excluding carboxylic acids is 1. The molecule has 5 heteroatoms. The molecular weight excluding hydrogens is 242 g/mol. The maximum Gasteiger partial charge on any atom is 0.361 e. The Morgan fingerprint density at radius 2 is 2.00 bits per heavy atom. The smallest absolute Gasteiger partial charge is 0.361 e. The third-order valence-electron chi connectivity index (χ3n) is 4.10. The van der Waals surface area contributed by atoms with Gasteiger partial charge in [-0.25, -0.2) is 4.79 Å². The minimum Gasteiger partial charge on any atom is -0.455 e. The zero-order valence-electron chi connectivity index (χ0n) is 11.8. The first kappa shape index (κ1) is 12.6. The monoisotopic (exact) mass is 263 g/mol. The number of aromatic nitrogens is 3. The first-order valence-electron chi connectivity index (χ1n) is 7.08. The highest BCUT2D eigenvalue weighted by Crippen LogP contribution is 2.53. The molecule has 5 nitrogen and oxygen atoms in total. The number of fused-ring (bicyclic) bond motifs is 1. The van der Waals surface area contributed by atoms with E-state index in [1.807, 2.05) is 20.8 Å². The van der Waals surface area contributed by atoms with Gasteiger partial charge in [0, 0.05) is 5.92 Å². The Hall–Kier alpha value is -1.39. The van der Waals surface area contributed by atoms with Gasteiger partial charge in [-0.15, -0.1) is 5.10 Å². The minimum atomic E-state index is -0.499. The second kappa shape index (κ2) is 4.32. The first-order chi connectivity index (χ1) is 8.94. The third-order valence-corrected chi connectivity index (χ3v) is 4.10. The number of nitrogens with one attached hydrogen (secondary N) is 1. The lowest BCUT2D eigenvalue weighted by molar-refractivity contribution is 0.00607.